The number of hydrogen-bond acceptors (Lipinski definition) is 0. The Labute approximate surface area is 51.2 Å². The lowest BCUT2D eigenvalue weighted by Crippen LogP contribution is -1.87. The standard InChI is InChI=1S/C8H12/c1-5-7(3)8(4)6-2/h5,7H,1-2H2,3-4H3. The van der Waals surface area contributed by atoms with Gasteiger partial charge in [0.1, 0.15) is 0 Å². The molecule has 0 saturated heterocycles. The molecule has 0 heterocycles. The monoisotopic (exact) mass is 108 g/mol. The lowest BCUT2D eigenvalue weighted by atomic mass is 10.1. The van der Waals surface area contributed by atoms with Gasteiger partial charge in [-0.1, -0.05) is 19.6 Å². The van der Waals surface area contributed by atoms with Crippen molar-refractivity contribution in [1.29, 1.82) is 0 Å². The third-order valence-electron chi connectivity index (χ3n) is 1.32. The summed E-state index contributed by atoms with van der Waals surface area (Å²) in [7, 11) is 0. The molecule has 0 heteroatoms. The van der Waals surface area contributed by atoms with Crippen molar-refractivity contribution in [3.8, 4) is 0 Å². The molecule has 0 aromatic rings. The Bertz CT molecular complexity index is 125. The van der Waals surface area contributed by atoms with Gasteiger partial charge in [-0.2, -0.15) is 0 Å². The second-order valence-corrected chi connectivity index (χ2v) is 1.88. The fraction of sp³-hybridized carbons (Fsp3) is 0.375. The molecule has 0 aromatic heterocycles. The summed E-state index contributed by atoms with van der Waals surface area (Å²) in [5, 5.41) is 0. The van der Waals surface area contributed by atoms with Crippen molar-refractivity contribution in [3.05, 3.63) is 30.5 Å². The maximum absolute atomic E-state index is 3.64. The molecule has 0 N–H and O–H groups in total. The predicted octanol–water partition coefficient (Wildman–Crippen LogP) is 2.54. The van der Waals surface area contributed by atoms with Crippen LogP contribution < -0.4 is 0 Å². The maximum Gasteiger partial charge on any atom is 0.00187 e. The Balaban J connectivity index is 4.01. The fourth-order valence-corrected chi connectivity index (χ4v) is 0.338. The second kappa shape index (κ2) is 3.29. The molecule has 1 atom stereocenters. The van der Waals surface area contributed by atoms with Crippen LogP contribution >= 0.6 is 0 Å². The normalized spacial score (nSPS) is 11.8. The van der Waals surface area contributed by atoms with Crippen LogP contribution in [0.2, 0.25) is 0 Å². The second-order valence-electron chi connectivity index (χ2n) is 1.88. The zero-order valence-electron chi connectivity index (χ0n) is 5.57. The summed E-state index contributed by atoms with van der Waals surface area (Å²) >= 11 is 0. The first kappa shape index (κ1) is 7.26. The quantitative estimate of drug-likeness (QED) is 0.376. The highest BCUT2D eigenvalue weighted by atomic mass is 14.0. The highest BCUT2D eigenvalue weighted by Crippen LogP contribution is 2.06. The van der Waals surface area contributed by atoms with Crippen LogP contribution in [-0.2, 0) is 0 Å². The topological polar surface area (TPSA) is 0 Å². The van der Waals surface area contributed by atoms with Gasteiger partial charge in [-0.05, 0) is 12.5 Å². The van der Waals surface area contributed by atoms with Crippen LogP contribution in [0.3, 0.4) is 0 Å². The lowest BCUT2D eigenvalue weighted by Gasteiger charge is -1.99. The van der Waals surface area contributed by atoms with Gasteiger partial charge in [-0.3, -0.25) is 0 Å². The summed E-state index contributed by atoms with van der Waals surface area (Å²) in [4.78, 5) is 0. The van der Waals surface area contributed by atoms with Crippen LogP contribution in [0.25, 0.3) is 0 Å². The first-order chi connectivity index (χ1) is 3.72. The van der Waals surface area contributed by atoms with E-state index in [-0.39, 0.29) is 0 Å². The van der Waals surface area contributed by atoms with E-state index in [1.54, 1.807) is 0 Å². The third-order valence-corrected chi connectivity index (χ3v) is 1.32. The molecule has 0 aliphatic carbocycles. The fourth-order valence-electron chi connectivity index (χ4n) is 0.338. The molecule has 0 saturated carbocycles. The highest BCUT2D eigenvalue weighted by molar-refractivity contribution is 5.05. The van der Waals surface area contributed by atoms with Gasteiger partial charge >= 0.3 is 0 Å². The average Bonchev–Trinajstić information content (AvgIpc) is 1.84. The molecule has 0 rings (SSSR count). The van der Waals surface area contributed by atoms with Gasteiger partial charge in [0.25, 0.3) is 0 Å². The minimum absolute atomic E-state index is 0.424. The molecule has 0 radical (unpaired) electrons. The summed E-state index contributed by atoms with van der Waals surface area (Å²) in [6.45, 7) is 11.2. The van der Waals surface area contributed by atoms with E-state index in [1.165, 1.54) is 0 Å². The molecule has 0 amide bonds. The van der Waals surface area contributed by atoms with E-state index in [0.29, 0.717) is 5.92 Å². The van der Waals surface area contributed by atoms with Crippen molar-refractivity contribution < 1.29 is 0 Å². The molecule has 8 heavy (non-hydrogen) atoms. The van der Waals surface area contributed by atoms with Gasteiger partial charge in [-0.25, -0.2) is 0 Å². The Morgan fingerprint density at radius 2 is 2.25 bits per heavy atom. The van der Waals surface area contributed by atoms with Crippen molar-refractivity contribution in [1.82, 2.24) is 0 Å². The first-order valence-corrected chi connectivity index (χ1v) is 2.71. The molecular weight excluding hydrogens is 96.1 g/mol. The van der Waals surface area contributed by atoms with Gasteiger partial charge in [0.2, 0.25) is 0 Å². The van der Waals surface area contributed by atoms with Crippen molar-refractivity contribution in [2.75, 3.05) is 0 Å². The summed E-state index contributed by atoms with van der Waals surface area (Å²) in [6, 6.07) is 0. The minimum Gasteiger partial charge on any atom is -0.129 e. The summed E-state index contributed by atoms with van der Waals surface area (Å²) in [5.41, 5.74) is 3.96. The minimum atomic E-state index is 0.424. The van der Waals surface area contributed by atoms with E-state index in [0.717, 1.165) is 5.57 Å². The van der Waals surface area contributed by atoms with Crippen LogP contribution in [0.1, 0.15) is 13.8 Å². The van der Waals surface area contributed by atoms with E-state index in [9.17, 15) is 0 Å². The number of hydrogen-bond donors (Lipinski definition) is 0. The van der Waals surface area contributed by atoms with Crippen LogP contribution in [0.4, 0.5) is 0 Å². The van der Waals surface area contributed by atoms with E-state index in [4.69, 9.17) is 0 Å². The Hall–Kier alpha value is -0.740. The van der Waals surface area contributed by atoms with E-state index >= 15 is 0 Å². The molecule has 0 aromatic carbocycles. The zero-order valence-corrected chi connectivity index (χ0v) is 5.57. The van der Waals surface area contributed by atoms with E-state index in [2.05, 4.69) is 25.8 Å². The number of rotatable bonds is 2. The molecule has 0 nitrogen and oxygen atoms in total. The molecular formula is C8H12. The average molecular weight is 108 g/mol. The van der Waals surface area contributed by atoms with Gasteiger partial charge in [0, 0.05) is 5.92 Å². The third kappa shape index (κ3) is 1.81. The van der Waals surface area contributed by atoms with Crippen LogP contribution in [0, 0.1) is 5.92 Å². The van der Waals surface area contributed by atoms with Gasteiger partial charge in [0.15, 0.2) is 0 Å². The van der Waals surface area contributed by atoms with Gasteiger partial charge < -0.3 is 0 Å². The van der Waals surface area contributed by atoms with Crippen LogP contribution in [0.5, 0.6) is 0 Å². The van der Waals surface area contributed by atoms with Crippen LogP contribution in [-0.4, -0.2) is 0 Å². The SMILES string of the molecule is C=C=C(C)C(C)C=C. The molecule has 0 bridgehead atoms. The number of allylic oxidation sites excluding steroid dienone is 2. The Morgan fingerprint density at radius 1 is 1.75 bits per heavy atom. The van der Waals surface area contributed by atoms with Gasteiger partial charge in [0.05, 0.1) is 0 Å². The van der Waals surface area contributed by atoms with Crippen molar-refractivity contribution in [2.24, 2.45) is 5.92 Å². The smallest absolute Gasteiger partial charge is 0.00187 e. The molecule has 0 aliphatic rings. The largest absolute Gasteiger partial charge is 0.129 e. The van der Waals surface area contributed by atoms with Crippen molar-refractivity contribution >= 4 is 0 Å². The molecule has 0 spiro atoms. The summed E-state index contributed by atoms with van der Waals surface area (Å²) < 4.78 is 0. The Kier molecular flexibility index (Phi) is 2.98. The molecule has 0 fully saturated rings. The molecule has 44 valence electrons. The first-order valence-electron chi connectivity index (χ1n) is 2.71. The zero-order chi connectivity index (χ0) is 6.57. The van der Waals surface area contributed by atoms with Crippen LogP contribution in [0.15, 0.2) is 30.5 Å². The molecule has 1 unspecified atom stereocenters. The molecule has 0 aliphatic heterocycles. The van der Waals surface area contributed by atoms with Crippen molar-refractivity contribution in [2.45, 2.75) is 13.8 Å². The predicted molar refractivity (Wildman–Crippen MR) is 37.7 cm³/mol. The Morgan fingerprint density at radius 3 is 2.38 bits per heavy atom. The van der Waals surface area contributed by atoms with Crippen molar-refractivity contribution in [3.63, 3.8) is 0 Å². The van der Waals surface area contributed by atoms with E-state index in [1.807, 2.05) is 13.0 Å². The summed E-state index contributed by atoms with van der Waals surface area (Å²) in [6.07, 6.45) is 1.88. The van der Waals surface area contributed by atoms with E-state index < -0.39 is 0 Å². The maximum atomic E-state index is 3.64. The highest BCUT2D eigenvalue weighted by Gasteiger charge is 1.93. The van der Waals surface area contributed by atoms with Gasteiger partial charge in [-0.15, -0.1) is 12.3 Å². The lowest BCUT2D eigenvalue weighted by molar-refractivity contribution is 0.869. The summed E-state index contributed by atoms with van der Waals surface area (Å²) in [5.74, 6) is 0.424.